The highest BCUT2D eigenvalue weighted by Crippen LogP contribution is 2.38. The number of carboxylic acid groups (broad SMARTS) is 1. The first kappa shape index (κ1) is 24.7. The second-order valence-corrected chi connectivity index (χ2v) is 8.17. The number of rotatable bonds is 5. The van der Waals surface area contributed by atoms with Crippen molar-refractivity contribution in [2.45, 2.75) is 12.6 Å². The molecule has 2 saturated heterocycles. The van der Waals surface area contributed by atoms with Crippen LogP contribution in [0.15, 0.2) is 24.5 Å². The summed E-state index contributed by atoms with van der Waals surface area (Å²) in [5, 5.41) is 13.8. The van der Waals surface area contributed by atoms with Crippen molar-refractivity contribution in [2.24, 2.45) is 5.92 Å². The number of carbonyl (C=O) groups is 1. The zero-order valence-corrected chi connectivity index (χ0v) is 18.8. The van der Waals surface area contributed by atoms with Gasteiger partial charge in [0.2, 0.25) is 5.95 Å². The van der Waals surface area contributed by atoms with Crippen LogP contribution in [0.3, 0.4) is 0 Å². The standard InChI is InChI=1S/C21H24F3N7O.CH2O2/c22-21(23,24)16-12-28-20(27-10-13-3-4-25-9-13)30-18(16)15-11-26-19-14(15)1-2-17(29-19)31-5-7-32-8-6-31;2-1-3/h1-2,11-13,25H,3-10H2,(H,26,29)(H,27,28,30);1H,(H,2,3). The van der Waals surface area contributed by atoms with Gasteiger partial charge in [-0.05, 0) is 37.6 Å². The summed E-state index contributed by atoms with van der Waals surface area (Å²) in [7, 11) is 0. The Balaban J connectivity index is 0.000000917. The summed E-state index contributed by atoms with van der Waals surface area (Å²) >= 11 is 0. The van der Waals surface area contributed by atoms with Crippen molar-refractivity contribution >= 4 is 29.3 Å². The molecule has 3 aromatic rings. The van der Waals surface area contributed by atoms with E-state index in [9.17, 15) is 13.2 Å². The van der Waals surface area contributed by atoms with Crippen LogP contribution in [0, 0.1) is 5.92 Å². The molecule has 0 radical (unpaired) electrons. The molecule has 5 rings (SSSR count). The molecule has 0 amide bonds. The summed E-state index contributed by atoms with van der Waals surface area (Å²) in [5.74, 6) is 1.35. The van der Waals surface area contributed by atoms with E-state index in [1.54, 1.807) is 6.07 Å². The minimum absolute atomic E-state index is 0.160. The van der Waals surface area contributed by atoms with Gasteiger partial charge in [0.05, 0.1) is 18.9 Å². The van der Waals surface area contributed by atoms with Crippen molar-refractivity contribution in [3.63, 3.8) is 0 Å². The highest BCUT2D eigenvalue weighted by atomic mass is 19.4. The molecule has 0 aromatic carbocycles. The first-order chi connectivity index (χ1) is 16.9. The molecule has 2 aliphatic rings. The molecular formula is C22H26F3N7O3. The second-order valence-electron chi connectivity index (χ2n) is 8.17. The van der Waals surface area contributed by atoms with E-state index in [0.717, 1.165) is 44.6 Å². The van der Waals surface area contributed by atoms with E-state index >= 15 is 0 Å². The first-order valence-corrected chi connectivity index (χ1v) is 11.2. The Labute approximate surface area is 198 Å². The molecule has 2 aliphatic heterocycles. The maximum Gasteiger partial charge on any atom is 0.419 e. The van der Waals surface area contributed by atoms with E-state index in [4.69, 9.17) is 14.6 Å². The molecule has 0 bridgehead atoms. The third-order valence-electron chi connectivity index (χ3n) is 5.92. The van der Waals surface area contributed by atoms with E-state index in [1.165, 1.54) is 6.20 Å². The monoisotopic (exact) mass is 493 g/mol. The molecule has 0 saturated carbocycles. The summed E-state index contributed by atoms with van der Waals surface area (Å²) in [5.41, 5.74) is -0.168. The van der Waals surface area contributed by atoms with Crippen LogP contribution >= 0.6 is 0 Å². The number of hydrogen-bond acceptors (Lipinski definition) is 8. The Morgan fingerprint density at radius 3 is 2.71 bits per heavy atom. The average Bonchev–Trinajstić information content (AvgIpc) is 3.52. The number of aromatic nitrogens is 4. The van der Waals surface area contributed by atoms with Crippen LogP contribution in [-0.4, -0.2) is 77.5 Å². The third-order valence-corrected chi connectivity index (χ3v) is 5.92. The SMILES string of the molecule is FC(F)(F)c1cnc(NCC2CCNC2)nc1-c1c[nH]c2nc(N3CCOCC3)ccc12.O=CO. The van der Waals surface area contributed by atoms with Gasteiger partial charge < -0.3 is 30.4 Å². The molecule has 1 unspecified atom stereocenters. The Morgan fingerprint density at radius 2 is 2.03 bits per heavy atom. The van der Waals surface area contributed by atoms with Crippen LogP contribution in [0.4, 0.5) is 24.9 Å². The molecule has 4 N–H and O–H groups in total. The van der Waals surface area contributed by atoms with Crippen molar-refractivity contribution in [1.29, 1.82) is 0 Å². The van der Waals surface area contributed by atoms with Crippen molar-refractivity contribution < 1.29 is 27.8 Å². The van der Waals surface area contributed by atoms with Gasteiger partial charge >= 0.3 is 6.18 Å². The number of pyridine rings is 1. The number of anilines is 2. The number of ether oxygens (including phenoxy) is 1. The number of nitrogens with zero attached hydrogens (tertiary/aromatic N) is 4. The van der Waals surface area contributed by atoms with Gasteiger partial charge in [-0.2, -0.15) is 13.2 Å². The molecule has 188 valence electrons. The van der Waals surface area contributed by atoms with E-state index < -0.39 is 11.7 Å². The highest BCUT2D eigenvalue weighted by Gasteiger charge is 2.36. The summed E-state index contributed by atoms with van der Waals surface area (Å²) in [6.07, 6.45) is -1.18. The Kier molecular flexibility index (Phi) is 7.66. The predicted molar refractivity (Wildman–Crippen MR) is 123 cm³/mol. The van der Waals surface area contributed by atoms with Crippen molar-refractivity contribution in [3.8, 4) is 11.3 Å². The number of nitrogens with one attached hydrogen (secondary N) is 3. The van der Waals surface area contributed by atoms with Gasteiger partial charge in [0.25, 0.3) is 6.47 Å². The van der Waals surface area contributed by atoms with E-state index in [-0.39, 0.29) is 18.1 Å². The van der Waals surface area contributed by atoms with Gasteiger partial charge in [-0.1, -0.05) is 0 Å². The lowest BCUT2D eigenvalue weighted by Gasteiger charge is -2.27. The van der Waals surface area contributed by atoms with E-state index in [2.05, 4.69) is 35.5 Å². The normalized spacial score (nSPS) is 18.3. The van der Waals surface area contributed by atoms with Crippen LogP contribution in [0.25, 0.3) is 22.3 Å². The maximum atomic E-state index is 13.8. The summed E-state index contributed by atoms with van der Waals surface area (Å²) in [4.78, 5) is 26.3. The molecule has 5 heterocycles. The van der Waals surface area contributed by atoms with Gasteiger partial charge in [0.15, 0.2) is 0 Å². The minimum atomic E-state index is -4.58. The fraction of sp³-hybridized carbons (Fsp3) is 0.455. The van der Waals surface area contributed by atoms with Gasteiger partial charge in [-0.25, -0.2) is 15.0 Å². The smallest absolute Gasteiger partial charge is 0.419 e. The topological polar surface area (TPSA) is 128 Å². The van der Waals surface area contributed by atoms with Crippen LogP contribution in [0.2, 0.25) is 0 Å². The van der Waals surface area contributed by atoms with Crippen molar-refractivity contribution in [3.05, 3.63) is 30.1 Å². The van der Waals surface area contributed by atoms with Gasteiger partial charge in [0, 0.05) is 43.0 Å². The van der Waals surface area contributed by atoms with Gasteiger partial charge in [-0.15, -0.1) is 0 Å². The molecule has 10 nitrogen and oxygen atoms in total. The van der Waals surface area contributed by atoms with E-state index in [0.29, 0.717) is 42.3 Å². The number of H-pyrrole nitrogens is 1. The van der Waals surface area contributed by atoms with Crippen LogP contribution in [0.1, 0.15) is 12.0 Å². The summed E-state index contributed by atoms with van der Waals surface area (Å²) in [6, 6.07) is 3.62. The number of aromatic amines is 1. The number of morpholine rings is 1. The number of hydrogen-bond donors (Lipinski definition) is 4. The molecule has 35 heavy (non-hydrogen) atoms. The lowest BCUT2D eigenvalue weighted by atomic mass is 10.1. The highest BCUT2D eigenvalue weighted by molar-refractivity contribution is 5.94. The van der Waals surface area contributed by atoms with E-state index in [1.807, 2.05) is 6.07 Å². The fourth-order valence-electron chi connectivity index (χ4n) is 4.16. The molecule has 3 aromatic heterocycles. The molecule has 1 atom stereocenters. The lowest BCUT2D eigenvalue weighted by Crippen LogP contribution is -2.36. The maximum absolute atomic E-state index is 13.8. The lowest BCUT2D eigenvalue weighted by molar-refractivity contribution is -0.137. The molecule has 13 heteroatoms. The van der Waals surface area contributed by atoms with Crippen molar-refractivity contribution in [2.75, 3.05) is 56.2 Å². The first-order valence-electron chi connectivity index (χ1n) is 11.2. The van der Waals surface area contributed by atoms with Crippen LogP contribution in [-0.2, 0) is 15.7 Å². The van der Waals surface area contributed by atoms with Gasteiger partial charge in [0.1, 0.15) is 17.0 Å². The average molecular weight is 493 g/mol. The molecule has 0 aliphatic carbocycles. The fourth-order valence-corrected chi connectivity index (χ4v) is 4.16. The third kappa shape index (κ3) is 5.80. The zero-order chi connectivity index (χ0) is 24.8. The van der Waals surface area contributed by atoms with Crippen molar-refractivity contribution in [1.82, 2.24) is 25.3 Å². The van der Waals surface area contributed by atoms with Gasteiger partial charge in [-0.3, -0.25) is 4.79 Å². The zero-order valence-electron chi connectivity index (χ0n) is 18.8. The molecule has 0 spiro atoms. The number of fused-ring (bicyclic) bond motifs is 1. The predicted octanol–water partition coefficient (Wildman–Crippen LogP) is 2.60. The molecule has 2 fully saturated rings. The van der Waals surface area contributed by atoms with Crippen LogP contribution < -0.4 is 15.5 Å². The Morgan fingerprint density at radius 1 is 1.26 bits per heavy atom. The second kappa shape index (κ2) is 10.9. The summed E-state index contributed by atoms with van der Waals surface area (Å²) in [6.45, 7) is 4.87. The van der Waals surface area contributed by atoms with Crippen LogP contribution in [0.5, 0.6) is 0 Å². The molecular weight excluding hydrogens is 467 g/mol. The Bertz CT molecular complexity index is 1140. The number of alkyl halides is 3. The summed E-state index contributed by atoms with van der Waals surface area (Å²) < 4.78 is 46.6. The number of halogens is 3. The largest absolute Gasteiger partial charge is 0.483 e. The quantitative estimate of drug-likeness (QED) is 0.397. The Hall–Kier alpha value is -3.45. The minimum Gasteiger partial charge on any atom is -0.483 e.